The molecule has 1 saturated carbocycles. The first-order valence-corrected chi connectivity index (χ1v) is 7.29. The Morgan fingerprint density at radius 1 is 1.30 bits per heavy atom. The van der Waals surface area contributed by atoms with Gasteiger partial charge in [0.25, 0.3) is 5.91 Å². The summed E-state index contributed by atoms with van der Waals surface area (Å²) >= 11 is 0. The summed E-state index contributed by atoms with van der Waals surface area (Å²) in [5.41, 5.74) is -0.00542. The highest BCUT2D eigenvalue weighted by Crippen LogP contribution is 2.29. The second kappa shape index (κ2) is 6.02. The number of carbonyl (C=O) groups is 1. The fraction of sp³-hybridized carbons (Fsp3) is 0.400. The number of aromatic nitrogens is 3. The van der Waals surface area contributed by atoms with Crippen LogP contribution in [-0.2, 0) is 0 Å². The largest absolute Gasteiger partial charge is 0.406 e. The van der Waals surface area contributed by atoms with Crippen molar-refractivity contribution in [1.82, 2.24) is 19.7 Å². The van der Waals surface area contributed by atoms with Crippen LogP contribution in [0, 0.1) is 0 Å². The molecular formula is C15H15F3N4O. The zero-order chi connectivity index (χ0) is 16.4. The van der Waals surface area contributed by atoms with Crippen LogP contribution in [0.4, 0.5) is 13.2 Å². The van der Waals surface area contributed by atoms with Gasteiger partial charge in [-0.3, -0.25) is 4.79 Å². The first kappa shape index (κ1) is 15.5. The fourth-order valence-electron chi connectivity index (χ4n) is 2.48. The summed E-state index contributed by atoms with van der Waals surface area (Å²) in [5.74, 6) is -0.303. The Hall–Kier alpha value is -2.38. The normalized spacial score (nSPS) is 15.3. The highest BCUT2D eigenvalue weighted by Gasteiger charge is 2.39. The van der Waals surface area contributed by atoms with Gasteiger partial charge in [0.05, 0.1) is 0 Å². The third kappa shape index (κ3) is 3.52. The van der Waals surface area contributed by atoms with Crippen LogP contribution in [0.25, 0.3) is 5.82 Å². The van der Waals surface area contributed by atoms with E-state index >= 15 is 0 Å². The Bertz CT molecular complexity index is 680. The number of alkyl halides is 3. The average molecular weight is 324 g/mol. The van der Waals surface area contributed by atoms with E-state index in [4.69, 9.17) is 0 Å². The number of amides is 1. The van der Waals surface area contributed by atoms with Gasteiger partial charge in [0.15, 0.2) is 5.82 Å². The van der Waals surface area contributed by atoms with Gasteiger partial charge in [-0.1, -0.05) is 6.07 Å². The van der Waals surface area contributed by atoms with E-state index in [0.29, 0.717) is 18.7 Å². The molecule has 0 bridgehead atoms. The van der Waals surface area contributed by atoms with Crippen LogP contribution < -0.4 is 0 Å². The van der Waals surface area contributed by atoms with Gasteiger partial charge in [-0.05, 0) is 37.5 Å². The monoisotopic (exact) mass is 324 g/mol. The van der Waals surface area contributed by atoms with Crippen molar-refractivity contribution in [2.75, 3.05) is 6.54 Å². The van der Waals surface area contributed by atoms with E-state index in [-0.39, 0.29) is 11.7 Å². The van der Waals surface area contributed by atoms with Gasteiger partial charge in [0.2, 0.25) is 0 Å². The lowest BCUT2D eigenvalue weighted by Gasteiger charge is -2.37. The van der Waals surface area contributed by atoms with Crippen molar-refractivity contribution in [2.24, 2.45) is 0 Å². The molecule has 0 radical (unpaired) electrons. The number of halogens is 3. The third-order valence-corrected chi connectivity index (χ3v) is 3.82. The molecule has 0 aromatic carbocycles. The van der Waals surface area contributed by atoms with Gasteiger partial charge in [0, 0.05) is 18.4 Å². The van der Waals surface area contributed by atoms with E-state index in [1.54, 1.807) is 30.6 Å². The van der Waals surface area contributed by atoms with E-state index in [1.807, 2.05) is 0 Å². The van der Waals surface area contributed by atoms with Gasteiger partial charge in [-0.25, -0.2) is 9.67 Å². The lowest BCUT2D eigenvalue weighted by Crippen LogP contribution is -2.48. The molecule has 0 aliphatic heterocycles. The van der Waals surface area contributed by atoms with Crippen LogP contribution in [0.3, 0.4) is 0 Å². The molecule has 0 atom stereocenters. The predicted octanol–water partition coefficient (Wildman–Crippen LogP) is 2.82. The van der Waals surface area contributed by atoms with Gasteiger partial charge < -0.3 is 4.90 Å². The maximum atomic E-state index is 12.8. The molecule has 2 heterocycles. The van der Waals surface area contributed by atoms with Gasteiger partial charge in [0.1, 0.15) is 12.2 Å². The quantitative estimate of drug-likeness (QED) is 0.869. The molecule has 0 N–H and O–H groups in total. The van der Waals surface area contributed by atoms with Crippen molar-refractivity contribution in [3.8, 4) is 5.82 Å². The number of hydrogen-bond donors (Lipinski definition) is 0. The smallest absolute Gasteiger partial charge is 0.325 e. The zero-order valence-electron chi connectivity index (χ0n) is 12.2. The molecule has 1 aliphatic carbocycles. The number of pyridine rings is 1. The Kier molecular flexibility index (Phi) is 4.06. The lowest BCUT2D eigenvalue weighted by atomic mass is 9.91. The second-order valence-electron chi connectivity index (χ2n) is 5.46. The summed E-state index contributed by atoms with van der Waals surface area (Å²) in [6.45, 7) is -1.25. The average Bonchev–Trinajstić information content (AvgIpc) is 2.97. The lowest BCUT2D eigenvalue weighted by molar-refractivity contribution is -0.147. The summed E-state index contributed by atoms with van der Waals surface area (Å²) in [6.07, 6.45) is 0.815. The van der Waals surface area contributed by atoms with Crippen LogP contribution in [0.2, 0.25) is 0 Å². The fourth-order valence-corrected chi connectivity index (χ4v) is 2.48. The van der Waals surface area contributed by atoms with Crippen LogP contribution >= 0.6 is 0 Å². The van der Waals surface area contributed by atoms with Crippen molar-refractivity contribution in [1.29, 1.82) is 0 Å². The Labute approximate surface area is 130 Å². The SMILES string of the molecule is O=C(c1cccc(-n2cccn2)n1)N(CC(F)(F)F)C1CCC1. The van der Waals surface area contributed by atoms with Gasteiger partial charge in [-0.2, -0.15) is 18.3 Å². The molecule has 5 nitrogen and oxygen atoms in total. The molecule has 122 valence electrons. The van der Waals surface area contributed by atoms with E-state index in [9.17, 15) is 18.0 Å². The first-order chi connectivity index (χ1) is 10.9. The minimum Gasteiger partial charge on any atom is -0.325 e. The van der Waals surface area contributed by atoms with Gasteiger partial charge >= 0.3 is 6.18 Å². The Balaban J connectivity index is 1.86. The number of nitrogens with zero attached hydrogens (tertiary/aromatic N) is 4. The van der Waals surface area contributed by atoms with Crippen LogP contribution in [-0.4, -0.2) is 44.3 Å². The predicted molar refractivity (Wildman–Crippen MR) is 76.1 cm³/mol. The molecule has 23 heavy (non-hydrogen) atoms. The molecule has 0 unspecified atom stereocenters. The molecule has 8 heteroatoms. The minimum absolute atomic E-state index is 0.00542. The maximum absolute atomic E-state index is 12.8. The van der Waals surface area contributed by atoms with Crippen molar-refractivity contribution < 1.29 is 18.0 Å². The highest BCUT2D eigenvalue weighted by atomic mass is 19.4. The first-order valence-electron chi connectivity index (χ1n) is 7.29. The summed E-state index contributed by atoms with van der Waals surface area (Å²) in [4.78, 5) is 17.5. The topological polar surface area (TPSA) is 51.0 Å². The van der Waals surface area contributed by atoms with Crippen LogP contribution in [0.15, 0.2) is 36.7 Å². The molecule has 2 aromatic rings. The maximum Gasteiger partial charge on any atom is 0.406 e. The minimum atomic E-state index is -4.43. The second-order valence-corrected chi connectivity index (χ2v) is 5.46. The number of hydrogen-bond acceptors (Lipinski definition) is 3. The van der Waals surface area contributed by atoms with E-state index in [2.05, 4.69) is 10.1 Å². The van der Waals surface area contributed by atoms with Crippen molar-refractivity contribution in [3.05, 3.63) is 42.4 Å². The number of rotatable bonds is 4. The summed E-state index contributed by atoms with van der Waals surface area (Å²) in [5, 5.41) is 4.00. The zero-order valence-corrected chi connectivity index (χ0v) is 12.2. The Morgan fingerprint density at radius 3 is 2.65 bits per heavy atom. The molecule has 2 aromatic heterocycles. The van der Waals surface area contributed by atoms with E-state index in [0.717, 1.165) is 11.3 Å². The van der Waals surface area contributed by atoms with Gasteiger partial charge in [-0.15, -0.1) is 0 Å². The highest BCUT2D eigenvalue weighted by molar-refractivity contribution is 5.92. The van der Waals surface area contributed by atoms with Crippen LogP contribution in [0.1, 0.15) is 29.8 Å². The summed E-state index contributed by atoms with van der Waals surface area (Å²) in [6, 6.07) is 5.99. The van der Waals surface area contributed by atoms with Crippen LogP contribution in [0.5, 0.6) is 0 Å². The molecule has 1 fully saturated rings. The molecule has 3 rings (SSSR count). The third-order valence-electron chi connectivity index (χ3n) is 3.82. The van der Waals surface area contributed by atoms with Crippen molar-refractivity contribution in [2.45, 2.75) is 31.5 Å². The Morgan fingerprint density at radius 2 is 2.09 bits per heavy atom. The molecular weight excluding hydrogens is 309 g/mol. The van der Waals surface area contributed by atoms with Crippen molar-refractivity contribution >= 4 is 5.91 Å². The number of carbonyl (C=O) groups excluding carboxylic acids is 1. The standard InChI is InChI=1S/C15H15F3N4O/c16-15(17,18)10-21(11-4-1-5-11)14(23)12-6-2-7-13(20-12)22-9-3-8-19-22/h2-3,6-9,11H,1,4-5,10H2. The van der Waals surface area contributed by atoms with E-state index < -0.39 is 18.6 Å². The van der Waals surface area contributed by atoms with Crippen molar-refractivity contribution in [3.63, 3.8) is 0 Å². The molecule has 0 spiro atoms. The molecule has 1 amide bonds. The molecule has 1 aliphatic rings. The molecule has 0 saturated heterocycles. The van der Waals surface area contributed by atoms with E-state index in [1.165, 1.54) is 10.7 Å². The summed E-state index contributed by atoms with van der Waals surface area (Å²) < 4.78 is 39.8. The summed E-state index contributed by atoms with van der Waals surface area (Å²) in [7, 11) is 0.